The van der Waals surface area contributed by atoms with Gasteiger partial charge in [-0.05, 0) is 101 Å². The summed E-state index contributed by atoms with van der Waals surface area (Å²) in [5, 5.41) is 12.8. The van der Waals surface area contributed by atoms with Gasteiger partial charge in [0, 0.05) is 42.7 Å². The van der Waals surface area contributed by atoms with E-state index in [1.54, 1.807) is 73.8 Å². The lowest BCUT2D eigenvalue weighted by atomic mass is 9.65. The second kappa shape index (κ2) is 21.4. The van der Waals surface area contributed by atoms with Crippen LogP contribution in [0.1, 0.15) is 51.6 Å². The Balaban J connectivity index is 1.23. The Kier molecular flexibility index (Phi) is 14.2. The van der Waals surface area contributed by atoms with Gasteiger partial charge in [0.15, 0.2) is 0 Å². The predicted molar refractivity (Wildman–Crippen MR) is 271 cm³/mol. The molecular weight excluding hydrogens is 929 g/mol. The summed E-state index contributed by atoms with van der Waals surface area (Å²) in [4.78, 5) is 67.9. The van der Waals surface area contributed by atoms with Gasteiger partial charge in [0.25, 0.3) is 0 Å². The molecule has 3 amide bonds. The Bertz CT molecular complexity index is 3010. The number of hydrogen-bond donors (Lipinski definition) is 2. The highest BCUT2D eigenvalue weighted by Gasteiger charge is 2.75. The fraction of sp³-hybridized carbons (Fsp3) is 0.276. The number of cyclic esters (lactones) is 1. The average molecular weight is 983 g/mol. The third-order valence-electron chi connectivity index (χ3n) is 13.9. The number of nitrogens with zero attached hydrogens (tertiary/aromatic N) is 3. The molecule has 4 heterocycles. The molecule has 73 heavy (non-hydrogen) atoms. The maximum absolute atomic E-state index is 16.6. The molecule has 2 N–H and O–H groups in total. The van der Waals surface area contributed by atoms with Crippen LogP contribution < -0.4 is 24.6 Å². The van der Waals surface area contributed by atoms with Gasteiger partial charge in [-0.25, -0.2) is 9.69 Å². The number of nitrogens with one attached hydrogen (secondary N) is 1. The minimum absolute atomic E-state index is 0.0314. The molecule has 0 saturated carbocycles. The zero-order chi connectivity index (χ0) is 50.5. The highest BCUT2D eigenvalue weighted by molar-refractivity contribution is 6.24. The molecule has 6 aromatic rings. The van der Waals surface area contributed by atoms with Gasteiger partial charge < -0.3 is 43.7 Å². The van der Waals surface area contributed by atoms with E-state index in [4.69, 9.17) is 28.4 Å². The summed E-state index contributed by atoms with van der Waals surface area (Å²) in [5.74, 6) is 3.83. The Labute approximate surface area is 423 Å². The number of aliphatic hydroxyl groups excluding tert-OH is 1. The van der Waals surface area contributed by atoms with Crippen LogP contribution in [0, 0.1) is 17.8 Å². The van der Waals surface area contributed by atoms with Gasteiger partial charge in [0.05, 0.1) is 57.2 Å². The summed E-state index contributed by atoms with van der Waals surface area (Å²) in [6.07, 6.45) is -1.92. The average Bonchev–Trinajstić information content (AvgIpc) is 3.89. The van der Waals surface area contributed by atoms with Crippen LogP contribution in [0.5, 0.6) is 11.5 Å². The smallest absolute Gasteiger partial charge is 0.421 e. The third kappa shape index (κ3) is 9.26. The molecule has 0 unspecified atom stereocenters. The third-order valence-corrected chi connectivity index (χ3v) is 13.9. The van der Waals surface area contributed by atoms with E-state index in [1.165, 1.54) is 7.11 Å². The van der Waals surface area contributed by atoms with Crippen LogP contribution in [-0.2, 0) is 38.7 Å². The van der Waals surface area contributed by atoms with E-state index in [0.29, 0.717) is 65.7 Å². The van der Waals surface area contributed by atoms with Crippen molar-refractivity contribution in [1.82, 2.24) is 4.90 Å². The van der Waals surface area contributed by atoms with Crippen molar-refractivity contribution in [2.24, 2.45) is 5.92 Å². The number of imide groups is 1. The second-order valence-corrected chi connectivity index (χ2v) is 18.0. The number of esters is 1. The standard InChI is InChI=1S/C58H54N4O11/c1-68-35-36-72-57(67)61-48-28-17-39(14-13-38-15-24-45(69-2)25-16-38)37-47(48)58(56(61)66)49(54(64)59-43-20-22-44(23-21-43)60-29-32-70-33-30-60)51-55(65)73-52(41-11-7-4-8-12-41)50(40-9-5-3-6-10-40)62(51)53(58)42-18-26-46(27-19-42)71-34-31-63/h3-12,15-28,37,49-53,63H,29-36H2,1-2H3,(H,59,64)/t49-,50-,51-,52+,53+,58-/m1/s1. The summed E-state index contributed by atoms with van der Waals surface area (Å²) in [7, 11) is 3.05. The van der Waals surface area contributed by atoms with Crippen LogP contribution in [0.2, 0.25) is 0 Å². The van der Waals surface area contributed by atoms with E-state index in [1.807, 2.05) is 89.8 Å². The number of amides is 3. The van der Waals surface area contributed by atoms with Crippen molar-refractivity contribution in [3.63, 3.8) is 0 Å². The zero-order valence-electron chi connectivity index (χ0n) is 40.3. The quantitative estimate of drug-likeness (QED) is 0.0669. The van der Waals surface area contributed by atoms with Crippen molar-refractivity contribution < 1.29 is 52.7 Å². The second-order valence-electron chi connectivity index (χ2n) is 18.0. The van der Waals surface area contributed by atoms with Gasteiger partial charge in [-0.1, -0.05) is 84.6 Å². The van der Waals surface area contributed by atoms with Crippen LogP contribution in [0.3, 0.4) is 0 Å². The van der Waals surface area contributed by atoms with Gasteiger partial charge in [0.1, 0.15) is 42.3 Å². The Hall–Kier alpha value is -8.00. The van der Waals surface area contributed by atoms with Gasteiger partial charge in [-0.3, -0.25) is 19.3 Å². The molecule has 3 fully saturated rings. The molecule has 10 rings (SSSR count). The van der Waals surface area contributed by atoms with Gasteiger partial charge in [0.2, 0.25) is 11.8 Å². The lowest BCUT2D eigenvalue weighted by Gasteiger charge is -2.46. The first kappa shape index (κ1) is 48.6. The number of carbonyl (C=O) groups excluding carboxylic acids is 4. The van der Waals surface area contributed by atoms with Crippen molar-refractivity contribution in [2.75, 3.05) is 82.1 Å². The molecule has 6 aromatic carbocycles. The lowest BCUT2D eigenvalue weighted by molar-refractivity contribution is -0.177. The topological polar surface area (TPSA) is 166 Å². The number of ether oxygens (including phenoxy) is 6. The van der Waals surface area contributed by atoms with Crippen LogP contribution in [-0.4, -0.2) is 107 Å². The first-order valence-electron chi connectivity index (χ1n) is 24.2. The van der Waals surface area contributed by atoms with E-state index in [-0.39, 0.29) is 37.7 Å². The van der Waals surface area contributed by atoms with Crippen LogP contribution in [0.15, 0.2) is 152 Å². The Morgan fingerprint density at radius 2 is 1.38 bits per heavy atom. The summed E-state index contributed by atoms with van der Waals surface area (Å²) >= 11 is 0. The summed E-state index contributed by atoms with van der Waals surface area (Å²) < 4.78 is 34.4. The fourth-order valence-electron chi connectivity index (χ4n) is 10.8. The number of methoxy groups -OCH3 is 2. The molecule has 0 aromatic heterocycles. The minimum Gasteiger partial charge on any atom is -0.497 e. The predicted octanol–water partition coefficient (Wildman–Crippen LogP) is 7.39. The number of benzene rings is 6. The zero-order valence-corrected chi connectivity index (χ0v) is 40.3. The maximum atomic E-state index is 16.6. The van der Waals surface area contributed by atoms with Crippen molar-refractivity contribution in [3.05, 3.63) is 185 Å². The number of aliphatic hydroxyl groups is 1. The molecule has 6 atom stereocenters. The maximum Gasteiger partial charge on any atom is 0.421 e. The molecule has 0 aliphatic carbocycles. The fourth-order valence-corrected chi connectivity index (χ4v) is 10.8. The lowest BCUT2D eigenvalue weighted by Crippen LogP contribution is -2.54. The van der Waals surface area contributed by atoms with E-state index in [0.717, 1.165) is 16.2 Å². The summed E-state index contributed by atoms with van der Waals surface area (Å²) in [6.45, 7) is 2.28. The molecule has 0 radical (unpaired) electrons. The summed E-state index contributed by atoms with van der Waals surface area (Å²) in [6, 6.07) is 42.3. The first-order chi connectivity index (χ1) is 35.7. The van der Waals surface area contributed by atoms with Gasteiger partial charge in [-0.2, -0.15) is 0 Å². The van der Waals surface area contributed by atoms with Crippen LogP contribution in [0.4, 0.5) is 21.9 Å². The van der Waals surface area contributed by atoms with E-state index < -0.39 is 59.4 Å². The Morgan fingerprint density at radius 3 is 2.05 bits per heavy atom. The number of fused-ring (bicyclic) bond motifs is 3. The number of morpholine rings is 2. The molecule has 3 saturated heterocycles. The molecule has 372 valence electrons. The molecule has 4 aliphatic heterocycles. The number of anilines is 3. The van der Waals surface area contributed by atoms with E-state index in [9.17, 15) is 9.90 Å². The van der Waals surface area contributed by atoms with Gasteiger partial charge in [-0.15, -0.1) is 0 Å². The monoisotopic (exact) mass is 982 g/mol. The van der Waals surface area contributed by atoms with Crippen molar-refractivity contribution in [3.8, 4) is 23.3 Å². The number of rotatable bonds is 13. The van der Waals surface area contributed by atoms with Crippen LogP contribution >= 0.6 is 0 Å². The molecule has 4 aliphatic rings. The van der Waals surface area contributed by atoms with Crippen molar-refractivity contribution in [1.29, 1.82) is 0 Å². The highest BCUT2D eigenvalue weighted by atomic mass is 16.6. The number of hydrogen-bond acceptors (Lipinski definition) is 13. The Morgan fingerprint density at radius 1 is 0.726 bits per heavy atom. The first-order valence-corrected chi connectivity index (χ1v) is 24.2. The van der Waals surface area contributed by atoms with E-state index >= 15 is 14.4 Å². The SMILES string of the molecule is COCCOC(=O)N1C(=O)[C@@]2(c3cc(C#Cc4ccc(OC)cc4)ccc31)[C@H](c1ccc(OCCO)cc1)N1[C@H](c3ccccc3)[C@H](c3ccccc3)OC(=O)[C@H]1[C@@H]2C(=O)Nc1ccc(N2CCOCC2)cc1. The molecular formula is C58H54N4O11. The van der Waals surface area contributed by atoms with Crippen LogP contribution in [0.25, 0.3) is 0 Å². The number of carbonyl (C=O) groups is 4. The highest BCUT2D eigenvalue weighted by Crippen LogP contribution is 2.66. The van der Waals surface area contributed by atoms with Crippen molar-refractivity contribution in [2.45, 2.75) is 29.6 Å². The van der Waals surface area contributed by atoms with E-state index in [2.05, 4.69) is 22.1 Å². The normalized spacial score (nSPS) is 22.2. The molecule has 0 bridgehead atoms. The molecule has 15 heteroatoms. The van der Waals surface area contributed by atoms with Gasteiger partial charge >= 0.3 is 12.1 Å². The molecule has 1 spiro atoms. The largest absolute Gasteiger partial charge is 0.497 e. The molecule has 15 nitrogen and oxygen atoms in total. The minimum atomic E-state index is -2.07. The summed E-state index contributed by atoms with van der Waals surface area (Å²) in [5.41, 5.74) is 2.85. The van der Waals surface area contributed by atoms with Crippen molar-refractivity contribution >= 4 is 40.9 Å².